The average Bonchev–Trinajstić information content (AvgIpc) is 3.28. The van der Waals surface area contributed by atoms with Crippen LogP contribution in [0.1, 0.15) is 0 Å². The molecule has 4 aromatic rings. The lowest BCUT2D eigenvalue weighted by Crippen LogP contribution is -2.30. The highest BCUT2D eigenvalue weighted by molar-refractivity contribution is 7.17. The maximum absolute atomic E-state index is 4.59. The van der Waals surface area contributed by atoms with Crippen molar-refractivity contribution >= 4 is 27.4 Å². The molecule has 3 atom stereocenters. The summed E-state index contributed by atoms with van der Waals surface area (Å²) in [4.78, 5) is 6.87. The zero-order valence-corrected chi connectivity index (χ0v) is 16.1. The van der Waals surface area contributed by atoms with Gasteiger partial charge in [0.2, 0.25) is 0 Å². The highest BCUT2D eigenvalue weighted by atomic mass is 32.1. The molecule has 0 radical (unpaired) electrons. The lowest BCUT2D eigenvalue weighted by Gasteiger charge is -2.20. The van der Waals surface area contributed by atoms with Gasteiger partial charge in [-0.1, -0.05) is 12.1 Å². The summed E-state index contributed by atoms with van der Waals surface area (Å²) in [6.07, 6.45) is 3.71. The van der Waals surface area contributed by atoms with Crippen LogP contribution in [0.2, 0.25) is 0 Å². The first kappa shape index (κ1) is 16.1. The number of hydrogen-bond acceptors (Lipinski definition) is 7. The standard InChI is InChI=1S/C20H19N7S/c1-27(19-14-8-21-9-15(14)19)17-5-4-16(25-26-17)13-3-2-12(11-6-23-24-7-11)18-20(13)28-10-22-18/h2-7,10,14-15,19,21H,8-9H2,1H3,(H,23,24)/t14-,15+,19?. The fraction of sp³-hybridized carbons (Fsp3) is 0.300. The first-order chi connectivity index (χ1) is 13.8. The molecule has 1 aliphatic heterocycles. The van der Waals surface area contributed by atoms with Gasteiger partial charge in [0.1, 0.15) is 0 Å². The van der Waals surface area contributed by atoms with E-state index in [-0.39, 0.29) is 0 Å². The number of H-pyrrole nitrogens is 1. The van der Waals surface area contributed by atoms with Gasteiger partial charge in [-0.15, -0.1) is 21.5 Å². The smallest absolute Gasteiger partial charge is 0.151 e. The number of anilines is 1. The van der Waals surface area contributed by atoms with Gasteiger partial charge in [0, 0.05) is 49.1 Å². The number of fused-ring (bicyclic) bond motifs is 2. The van der Waals surface area contributed by atoms with Gasteiger partial charge in [0.25, 0.3) is 0 Å². The van der Waals surface area contributed by atoms with Crippen molar-refractivity contribution in [1.82, 2.24) is 30.7 Å². The van der Waals surface area contributed by atoms with Crippen molar-refractivity contribution in [2.24, 2.45) is 11.8 Å². The molecule has 3 aromatic heterocycles. The molecule has 0 spiro atoms. The van der Waals surface area contributed by atoms with Crippen LogP contribution in [0.3, 0.4) is 0 Å². The number of hydrogen-bond donors (Lipinski definition) is 2. The second-order valence-electron chi connectivity index (χ2n) is 7.54. The van der Waals surface area contributed by atoms with Gasteiger partial charge in [-0.3, -0.25) is 5.10 Å². The van der Waals surface area contributed by atoms with Gasteiger partial charge in [-0.2, -0.15) is 5.10 Å². The highest BCUT2D eigenvalue weighted by Gasteiger charge is 2.55. The third-order valence-electron chi connectivity index (χ3n) is 6.07. The molecule has 2 fully saturated rings. The molecule has 7 nitrogen and oxygen atoms in total. The Kier molecular flexibility index (Phi) is 3.51. The molecule has 0 amide bonds. The molecule has 1 unspecified atom stereocenters. The summed E-state index contributed by atoms with van der Waals surface area (Å²) in [5.74, 6) is 2.47. The van der Waals surface area contributed by atoms with E-state index >= 15 is 0 Å². The minimum Gasteiger partial charge on any atom is -0.355 e. The van der Waals surface area contributed by atoms with Crippen LogP contribution in [0, 0.1) is 11.8 Å². The first-order valence-electron chi connectivity index (χ1n) is 9.44. The molecule has 8 heteroatoms. The minimum absolute atomic E-state index is 0.601. The Morgan fingerprint density at radius 2 is 1.93 bits per heavy atom. The van der Waals surface area contributed by atoms with E-state index in [1.807, 2.05) is 17.9 Å². The molecule has 4 heterocycles. The number of aromatic amines is 1. The van der Waals surface area contributed by atoms with Crippen LogP contribution in [-0.4, -0.2) is 51.6 Å². The Morgan fingerprint density at radius 3 is 2.68 bits per heavy atom. The van der Waals surface area contributed by atoms with Crippen molar-refractivity contribution in [2.75, 3.05) is 25.0 Å². The number of nitrogens with zero attached hydrogens (tertiary/aromatic N) is 5. The average molecular weight is 389 g/mol. The lowest BCUT2D eigenvalue weighted by atomic mass is 10.0. The van der Waals surface area contributed by atoms with Crippen molar-refractivity contribution in [2.45, 2.75) is 6.04 Å². The van der Waals surface area contributed by atoms with E-state index in [1.54, 1.807) is 11.3 Å². The molecule has 2 N–H and O–H groups in total. The second-order valence-corrected chi connectivity index (χ2v) is 8.40. The van der Waals surface area contributed by atoms with Crippen molar-refractivity contribution in [3.63, 3.8) is 0 Å². The third kappa shape index (κ3) is 2.38. The largest absolute Gasteiger partial charge is 0.355 e. The van der Waals surface area contributed by atoms with Crippen molar-refractivity contribution in [1.29, 1.82) is 0 Å². The summed E-state index contributed by atoms with van der Waals surface area (Å²) in [6, 6.07) is 8.95. The molecule has 140 valence electrons. The Labute approximate surface area is 165 Å². The molecule has 1 aliphatic carbocycles. The molecule has 1 saturated heterocycles. The van der Waals surface area contributed by atoms with Crippen LogP contribution in [-0.2, 0) is 0 Å². The van der Waals surface area contributed by atoms with Crippen molar-refractivity contribution in [3.05, 3.63) is 42.2 Å². The van der Waals surface area contributed by atoms with Gasteiger partial charge in [0.15, 0.2) is 5.82 Å². The van der Waals surface area contributed by atoms with Crippen LogP contribution in [0.5, 0.6) is 0 Å². The number of thiazole rings is 1. The molecule has 6 rings (SSSR count). The summed E-state index contributed by atoms with van der Waals surface area (Å²) >= 11 is 1.63. The summed E-state index contributed by atoms with van der Waals surface area (Å²) in [7, 11) is 2.13. The zero-order valence-electron chi connectivity index (χ0n) is 15.3. The van der Waals surface area contributed by atoms with Crippen molar-refractivity contribution < 1.29 is 0 Å². The topological polar surface area (TPSA) is 82.6 Å². The monoisotopic (exact) mass is 389 g/mol. The predicted molar refractivity (Wildman–Crippen MR) is 110 cm³/mol. The van der Waals surface area contributed by atoms with Gasteiger partial charge < -0.3 is 10.2 Å². The first-order valence-corrected chi connectivity index (χ1v) is 10.3. The Hall–Kier alpha value is -2.84. The Balaban J connectivity index is 1.33. The maximum atomic E-state index is 4.59. The van der Waals surface area contributed by atoms with Crippen LogP contribution in [0.25, 0.3) is 32.6 Å². The molecule has 28 heavy (non-hydrogen) atoms. The van der Waals surface area contributed by atoms with Gasteiger partial charge >= 0.3 is 0 Å². The summed E-state index contributed by atoms with van der Waals surface area (Å²) in [5, 5.41) is 19.5. The Bertz CT molecular complexity index is 1130. The number of rotatable bonds is 4. The van der Waals surface area contributed by atoms with Crippen LogP contribution < -0.4 is 10.2 Å². The quantitative estimate of drug-likeness (QED) is 0.559. The van der Waals surface area contributed by atoms with Gasteiger partial charge in [0.05, 0.1) is 27.6 Å². The van der Waals surface area contributed by atoms with Crippen LogP contribution in [0.4, 0.5) is 5.82 Å². The summed E-state index contributed by atoms with van der Waals surface area (Å²) in [6.45, 7) is 2.25. The van der Waals surface area contributed by atoms with E-state index < -0.39 is 0 Å². The van der Waals surface area contributed by atoms with E-state index in [0.717, 1.165) is 63.3 Å². The molecule has 0 bridgehead atoms. The van der Waals surface area contributed by atoms with Crippen LogP contribution >= 0.6 is 11.3 Å². The number of piperidine rings is 1. The molecular weight excluding hydrogens is 370 g/mol. The van der Waals surface area contributed by atoms with Crippen molar-refractivity contribution in [3.8, 4) is 22.4 Å². The molecule has 1 saturated carbocycles. The zero-order chi connectivity index (χ0) is 18.7. The number of nitrogens with one attached hydrogen (secondary N) is 2. The SMILES string of the molecule is CN(c1ccc(-c2ccc(-c3cn[nH]c3)c3ncsc23)nn1)C1[C@H]2CNC[C@@H]12. The number of benzene rings is 1. The minimum atomic E-state index is 0.601. The molecule has 2 aliphatic rings. The fourth-order valence-corrected chi connectivity index (χ4v) is 5.39. The lowest BCUT2D eigenvalue weighted by molar-refractivity contribution is 0.649. The summed E-state index contributed by atoms with van der Waals surface area (Å²) in [5.41, 5.74) is 6.92. The van der Waals surface area contributed by atoms with E-state index in [1.165, 1.54) is 0 Å². The third-order valence-corrected chi connectivity index (χ3v) is 6.93. The number of aromatic nitrogens is 5. The fourth-order valence-electron chi connectivity index (χ4n) is 4.55. The highest BCUT2D eigenvalue weighted by Crippen LogP contribution is 2.46. The van der Waals surface area contributed by atoms with Gasteiger partial charge in [-0.25, -0.2) is 4.98 Å². The van der Waals surface area contributed by atoms with E-state index in [4.69, 9.17) is 0 Å². The maximum Gasteiger partial charge on any atom is 0.151 e. The van der Waals surface area contributed by atoms with E-state index in [9.17, 15) is 0 Å². The van der Waals surface area contributed by atoms with Crippen LogP contribution in [0.15, 0.2) is 42.2 Å². The van der Waals surface area contributed by atoms with E-state index in [0.29, 0.717) is 6.04 Å². The van der Waals surface area contributed by atoms with Gasteiger partial charge in [-0.05, 0) is 24.0 Å². The predicted octanol–water partition coefficient (Wildman–Crippen LogP) is 2.80. The molecule has 1 aromatic carbocycles. The summed E-state index contributed by atoms with van der Waals surface area (Å²) < 4.78 is 1.12. The van der Waals surface area contributed by atoms with E-state index in [2.05, 4.69) is 66.9 Å². The normalized spacial score (nSPS) is 23.1. The Morgan fingerprint density at radius 1 is 1.07 bits per heavy atom. The second kappa shape index (κ2) is 6.08. The molecular formula is C20H19N7S.